The van der Waals surface area contributed by atoms with Gasteiger partial charge in [0.1, 0.15) is 0 Å². The summed E-state index contributed by atoms with van der Waals surface area (Å²) in [6.45, 7) is 5.68. The maximum Gasteiger partial charge on any atom is 0.319 e. The van der Waals surface area contributed by atoms with Gasteiger partial charge in [0.05, 0.1) is 11.6 Å². The Bertz CT molecular complexity index is 713. The number of allylic oxidation sites excluding steroid dienone is 1. The number of nitrogens with zero attached hydrogens (tertiary/aromatic N) is 1. The van der Waals surface area contributed by atoms with Crippen LogP contribution < -0.4 is 16.0 Å². The van der Waals surface area contributed by atoms with E-state index in [9.17, 15) is 9.59 Å². The molecule has 140 valence electrons. The van der Waals surface area contributed by atoms with Crippen LogP contribution in [-0.4, -0.2) is 43.0 Å². The lowest BCUT2D eigenvalue weighted by Crippen LogP contribution is -2.47. The van der Waals surface area contributed by atoms with Crippen LogP contribution in [0.15, 0.2) is 35.5 Å². The molecule has 0 aliphatic carbocycles. The second kappa shape index (κ2) is 8.56. The first-order chi connectivity index (χ1) is 12.5. The molecule has 0 aromatic heterocycles. The zero-order chi connectivity index (χ0) is 18.5. The number of halogens is 1. The lowest BCUT2D eigenvalue weighted by Gasteiger charge is -2.28. The van der Waals surface area contributed by atoms with E-state index >= 15 is 0 Å². The summed E-state index contributed by atoms with van der Waals surface area (Å²) in [7, 11) is 0. The highest BCUT2D eigenvalue weighted by Crippen LogP contribution is 2.28. The number of amides is 3. The number of urea groups is 1. The van der Waals surface area contributed by atoms with Gasteiger partial charge in [0.2, 0.25) is 0 Å². The van der Waals surface area contributed by atoms with Crippen LogP contribution in [0.2, 0.25) is 5.02 Å². The van der Waals surface area contributed by atoms with E-state index in [-0.39, 0.29) is 11.9 Å². The van der Waals surface area contributed by atoms with Gasteiger partial charge in [-0.3, -0.25) is 4.79 Å². The van der Waals surface area contributed by atoms with Crippen LogP contribution in [0.1, 0.15) is 37.8 Å². The first-order valence-electron chi connectivity index (χ1n) is 9.09. The van der Waals surface area contributed by atoms with Gasteiger partial charge in [0, 0.05) is 17.3 Å². The average Bonchev–Trinajstić information content (AvgIpc) is 3.11. The van der Waals surface area contributed by atoms with Gasteiger partial charge >= 0.3 is 6.03 Å². The van der Waals surface area contributed by atoms with Crippen LogP contribution >= 0.6 is 11.6 Å². The Morgan fingerprint density at radius 3 is 2.85 bits per heavy atom. The molecule has 3 N–H and O–H groups in total. The fourth-order valence-electron chi connectivity index (χ4n) is 3.54. The van der Waals surface area contributed by atoms with E-state index in [1.165, 1.54) is 12.8 Å². The summed E-state index contributed by atoms with van der Waals surface area (Å²) in [6, 6.07) is 6.37. The van der Waals surface area contributed by atoms with Gasteiger partial charge < -0.3 is 20.9 Å². The lowest BCUT2D eigenvalue weighted by atomic mass is 9.95. The van der Waals surface area contributed by atoms with Crippen molar-refractivity contribution in [2.24, 2.45) is 0 Å². The zero-order valence-corrected chi connectivity index (χ0v) is 15.7. The molecule has 0 radical (unpaired) electrons. The van der Waals surface area contributed by atoms with Crippen molar-refractivity contribution in [2.75, 3.05) is 26.2 Å². The highest BCUT2D eigenvalue weighted by atomic mass is 35.5. The largest absolute Gasteiger partial charge is 0.352 e. The number of nitrogens with one attached hydrogen (secondary N) is 3. The molecule has 2 aliphatic heterocycles. The Kier molecular flexibility index (Phi) is 6.16. The van der Waals surface area contributed by atoms with Gasteiger partial charge in [-0.1, -0.05) is 23.7 Å². The molecule has 6 nitrogen and oxygen atoms in total. The van der Waals surface area contributed by atoms with Gasteiger partial charge in [-0.25, -0.2) is 4.79 Å². The molecule has 1 fully saturated rings. The van der Waals surface area contributed by atoms with Crippen LogP contribution in [0.5, 0.6) is 0 Å². The number of rotatable bonds is 6. The normalized spacial score (nSPS) is 20.7. The first-order valence-corrected chi connectivity index (χ1v) is 9.46. The molecule has 0 saturated carbocycles. The van der Waals surface area contributed by atoms with Gasteiger partial charge in [-0.05, 0) is 63.5 Å². The molecule has 26 heavy (non-hydrogen) atoms. The molecule has 1 unspecified atom stereocenters. The smallest absolute Gasteiger partial charge is 0.319 e. The third-order valence-electron chi connectivity index (χ3n) is 4.83. The Hall–Kier alpha value is -2.05. The van der Waals surface area contributed by atoms with Crippen LogP contribution in [0.25, 0.3) is 0 Å². The van der Waals surface area contributed by atoms with E-state index in [4.69, 9.17) is 11.6 Å². The van der Waals surface area contributed by atoms with E-state index in [0.29, 0.717) is 22.8 Å². The predicted molar refractivity (Wildman–Crippen MR) is 102 cm³/mol. The molecule has 2 aliphatic rings. The molecule has 0 bridgehead atoms. The highest BCUT2D eigenvalue weighted by Gasteiger charge is 2.31. The van der Waals surface area contributed by atoms with Crippen molar-refractivity contribution in [1.82, 2.24) is 20.9 Å². The van der Waals surface area contributed by atoms with Crippen molar-refractivity contribution >= 4 is 23.5 Å². The van der Waals surface area contributed by atoms with Gasteiger partial charge in [-0.2, -0.15) is 0 Å². The third kappa shape index (κ3) is 4.56. The third-order valence-corrected chi connectivity index (χ3v) is 5.07. The van der Waals surface area contributed by atoms with Gasteiger partial charge in [0.25, 0.3) is 5.91 Å². The lowest BCUT2D eigenvalue weighted by molar-refractivity contribution is -0.117. The van der Waals surface area contributed by atoms with Crippen molar-refractivity contribution in [3.63, 3.8) is 0 Å². The zero-order valence-electron chi connectivity index (χ0n) is 15.0. The molecule has 7 heteroatoms. The van der Waals surface area contributed by atoms with Crippen molar-refractivity contribution in [1.29, 1.82) is 0 Å². The number of carbonyl (C=O) groups excluding carboxylic acids is 2. The minimum atomic E-state index is -0.513. The Labute approximate surface area is 159 Å². The van der Waals surface area contributed by atoms with Crippen molar-refractivity contribution in [3.8, 4) is 0 Å². The minimum absolute atomic E-state index is 0.165. The Balaban J connectivity index is 1.66. The van der Waals surface area contributed by atoms with Gasteiger partial charge in [0.15, 0.2) is 0 Å². The number of hydrogen-bond donors (Lipinski definition) is 3. The van der Waals surface area contributed by atoms with Gasteiger partial charge in [-0.15, -0.1) is 0 Å². The molecule has 2 heterocycles. The van der Waals surface area contributed by atoms with E-state index < -0.39 is 6.04 Å². The fraction of sp³-hybridized carbons (Fsp3) is 0.474. The SMILES string of the molecule is CC1=C(C(=O)NCCCN2CCCC2)C(c2cccc(Cl)c2)NC(=O)N1. The molecule has 1 saturated heterocycles. The maximum absolute atomic E-state index is 12.8. The summed E-state index contributed by atoms with van der Waals surface area (Å²) in [5.74, 6) is -0.165. The standard InChI is InChI=1S/C19H25ClN4O2/c1-13-16(18(25)21-8-5-11-24-9-2-3-10-24)17(23-19(26)22-13)14-6-4-7-15(20)12-14/h4,6-7,12,17H,2-3,5,8-11H2,1H3,(H,21,25)(H2,22,23,26). The summed E-state index contributed by atoms with van der Waals surface area (Å²) < 4.78 is 0. The van der Waals surface area contributed by atoms with E-state index in [1.807, 2.05) is 12.1 Å². The van der Waals surface area contributed by atoms with Crippen LogP contribution in [0, 0.1) is 0 Å². The van der Waals surface area contributed by atoms with E-state index in [2.05, 4.69) is 20.9 Å². The predicted octanol–water partition coefficient (Wildman–Crippen LogP) is 2.57. The van der Waals surface area contributed by atoms with Crippen molar-refractivity contribution < 1.29 is 9.59 Å². The molecule has 3 rings (SSSR count). The second-order valence-electron chi connectivity index (χ2n) is 6.78. The monoisotopic (exact) mass is 376 g/mol. The van der Waals surface area contributed by atoms with E-state index in [1.54, 1.807) is 19.1 Å². The summed E-state index contributed by atoms with van der Waals surface area (Å²) in [6.07, 6.45) is 3.45. The molecule has 1 aromatic rings. The topological polar surface area (TPSA) is 73.5 Å². The van der Waals surface area contributed by atoms with Crippen molar-refractivity contribution in [2.45, 2.75) is 32.2 Å². The number of hydrogen-bond acceptors (Lipinski definition) is 3. The number of benzene rings is 1. The highest BCUT2D eigenvalue weighted by molar-refractivity contribution is 6.30. The second-order valence-corrected chi connectivity index (χ2v) is 7.22. The van der Waals surface area contributed by atoms with Crippen LogP contribution in [-0.2, 0) is 4.79 Å². The average molecular weight is 377 g/mol. The van der Waals surface area contributed by atoms with Crippen molar-refractivity contribution in [3.05, 3.63) is 46.1 Å². The quantitative estimate of drug-likeness (QED) is 0.668. The summed E-state index contributed by atoms with van der Waals surface area (Å²) in [5.41, 5.74) is 1.87. The minimum Gasteiger partial charge on any atom is -0.352 e. The van der Waals surface area contributed by atoms with E-state index in [0.717, 1.165) is 31.6 Å². The Morgan fingerprint density at radius 2 is 2.12 bits per heavy atom. The van der Waals surface area contributed by atoms with Crippen LogP contribution in [0.3, 0.4) is 0 Å². The molecule has 1 aromatic carbocycles. The summed E-state index contributed by atoms with van der Waals surface area (Å²) >= 11 is 6.08. The molecular weight excluding hydrogens is 352 g/mol. The van der Waals surface area contributed by atoms with Crippen LogP contribution in [0.4, 0.5) is 4.79 Å². The first kappa shape index (κ1) is 18.7. The number of likely N-dealkylation sites (tertiary alicyclic amines) is 1. The molecule has 3 amide bonds. The molecule has 0 spiro atoms. The molecule has 1 atom stereocenters. The summed E-state index contributed by atoms with van der Waals surface area (Å²) in [5, 5.41) is 9.06. The Morgan fingerprint density at radius 1 is 1.35 bits per heavy atom. The maximum atomic E-state index is 12.8. The summed E-state index contributed by atoms with van der Waals surface area (Å²) in [4.78, 5) is 27.1. The molecular formula is C19H25ClN4O2. The fourth-order valence-corrected chi connectivity index (χ4v) is 3.74. The number of carbonyl (C=O) groups is 2.